The highest BCUT2D eigenvalue weighted by molar-refractivity contribution is 9.10. The van der Waals surface area contributed by atoms with Gasteiger partial charge in [0, 0.05) is 18.8 Å². The predicted octanol–water partition coefficient (Wildman–Crippen LogP) is 1.51. The van der Waals surface area contributed by atoms with Crippen LogP contribution in [-0.4, -0.2) is 22.6 Å². The lowest BCUT2D eigenvalue weighted by molar-refractivity contribution is 0.725. The summed E-state index contributed by atoms with van der Waals surface area (Å²) in [6, 6.07) is 0.529. The number of hydrogen-bond donors (Lipinski definition) is 2. The van der Waals surface area contributed by atoms with Gasteiger partial charge >= 0.3 is 0 Å². The first-order valence-electron chi connectivity index (χ1n) is 4.98. The molecule has 1 saturated heterocycles. The smallest absolute Gasteiger partial charge is 0.239 e. The molecule has 0 bridgehead atoms. The normalized spacial score (nSPS) is 20.7. The molecule has 1 unspecified atom stereocenters. The lowest BCUT2D eigenvalue weighted by Crippen LogP contribution is -2.28. The zero-order valence-corrected chi connectivity index (χ0v) is 10.2. The molecule has 0 saturated carbocycles. The number of halogens is 1. The van der Waals surface area contributed by atoms with Crippen molar-refractivity contribution >= 4 is 27.7 Å². The summed E-state index contributed by atoms with van der Waals surface area (Å²) in [7, 11) is 0. The maximum absolute atomic E-state index is 5.29. The number of nitrogens with one attached hydrogen (secondary N) is 1. The molecule has 3 N–H and O–H groups in total. The molecule has 1 aromatic rings. The van der Waals surface area contributed by atoms with Crippen molar-refractivity contribution in [2.24, 2.45) is 5.84 Å². The third-order valence-electron chi connectivity index (χ3n) is 2.68. The summed E-state index contributed by atoms with van der Waals surface area (Å²) >= 11 is 3.46. The van der Waals surface area contributed by atoms with Crippen LogP contribution in [0.4, 0.5) is 11.8 Å². The lowest BCUT2D eigenvalue weighted by atomic mass is 10.2. The average Bonchev–Trinajstić information content (AvgIpc) is 2.65. The number of nitrogen functional groups attached to an aromatic ring is 1. The van der Waals surface area contributed by atoms with Gasteiger partial charge in [-0.2, -0.15) is 4.98 Å². The van der Waals surface area contributed by atoms with Gasteiger partial charge in [-0.1, -0.05) is 0 Å². The highest BCUT2D eigenvalue weighted by Gasteiger charge is 2.23. The summed E-state index contributed by atoms with van der Waals surface area (Å²) in [5.74, 6) is 6.66. The van der Waals surface area contributed by atoms with Crippen molar-refractivity contribution in [1.29, 1.82) is 0 Å². The van der Waals surface area contributed by atoms with Crippen LogP contribution < -0.4 is 16.2 Å². The number of aromatic nitrogens is 2. The maximum atomic E-state index is 5.29. The largest absolute Gasteiger partial charge is 0.353 e. The molecule has 1 atom stereocenters. The molecule has 0 spiro atoms. The zero-order valence-electron chi connectivity index (χ0n) is 8.57. The molecule has 15 heavy (non-hydrogen) atoms. The molecule has 0 radical (unpaired) electrons. The van der Waals surface area contributed by atoms with Crippen molar-refractivity contribution in [2.45, 2.75) is 25.8 Å². The first kappa shape index (κ1) is 10.6. The van der Waals surface area contributed by atoms with E-state index < -0.39 is 0 Å². The summed E-state index contributed by atoms with van der Waals surface area (Å²) in [4.78, 5) is 10.7. The van der Waals surface area contributed by atoms with Crippen LogP contribution in [0.15, 0.2) is 10.7 Å². The van der Waals surface area contributed by atoms with E-state index in [2.05, 4.69) is 43.1 Å². The second-order valence-corrected chi connectivity index (χ2v) is 4.55. The standard InChI is InChI=1S/C9H14BrN5/c1-6-3-2-4-15(6)8-7(10)5-12-9(13-8)14-11/h5-6H,2-4,11H2,1H3,(H,12,13,14). The molecule has 2 heterocycles. The van der Waals surface area contributed by atoms with Gasteiger partial charge in [0.25, 0.3) is 0 Å². The SMILES string of the molecule is CC1CCCN1c1nc(NN)ncc1Br. The fourth-order valence-electron chi connectivity index (χ4n) is 1.88. The van der Waals surface area contributed by atoms with Crippen LogP contribution in [-0.2, 0) is 0 Å². The summed E-state index contributed by atoms with van der Waals surface area (Å²) < 4.78 is 0.912. The van der Waals surface area contributed by atoms with Gasteiger partial charge in [-0.25, -0.2) is 10.8 Å². The summed E-state index contributed by atoms with van der Waals surface area (Å²) in [5.41, 5.74) is 2.46. The molecule has 5 nitrogen and oxygen atoms in total. The molecule has 6 heteroatoms. The third kappa shape index (κ3) is 2.05. The topological polar surface area (TPSA) is 67.1 Å². The van der Waals surface area contributed by atoms with E-state index in [0.717, 1.165) is 16.8 Å². The minimum absolute atomic E-state index is 0.451. The van der Waals surface area contributed by atoms with Gasteiger partial charge in [0.1, 0.15) is 5.82 Å². The van der Waals surface area contributed by atoms with Crippen LogP contribution in [0.3, 0.4) is 0 Å². The number of hydrazine groups is 1. The van der Waals surface area contributed by atoms with E-state index in [9.17, 15) is 0 Å². The number of nitrogens with two attached hydrogens (primary N) is 1. The highest BCUT2D eigenvalue weighted by Crippen LogP contribution is 2.30. The van der Waals surface area contributed by atoms with Gasteiger partial charge in [-0.3, -0.25) is 5.43 Å². The second kappa shape index (κ2) is 4.32. The molecule has 0 aliphatic carbocycles. The molecule has 1 aliphatic heterocycles. The van der Waals surface area contributed by atoms with Crippen molar-refractivity contribution in [3.05, 3.63) is 10.7 Å². The molecule has 1 fully saturated rings. The molecule has 0 aromatic carbocycles. The molecule has 2 rings (SSSR count). The second-order valence-electron chi connectivity index (χ2n) is 3.69. The Morgan fingerprint density at radius 3 is 3.07 bits per heavy atom. The predicted molar refractivity (Wildman–Crippen MR) is 63.6 cm³/mol. The summed E-state index contributed by atoms with van der Waals surface area (Å²) in [5, 5.41) is 0. The molecule has 0 amide bonds. The van der Waals surface area contributed by atoms with Crippen LogP contribution in [0, 0.1) is 0 Å². The maximum Gasteiger partial charge on any atom is 0.239 e. The van der Waals surface area contributed by atoms with Crippen molar-refractivity contribution in [3.8, 4) is 0 Å². The van der Waals surface area contributed by atoms with E-state index in [-0.39, 0.29) is 0 Å². The Morgan fingerprint density at radius 2 is 2.47 bits per heavy atom. The number of rotatable bonds is 2. The molecule has 82 valence electrons. The van der Waals surface area contributed by atoms with E-state index in [1.54, 1.807) is 6.20 Å². The van der Waals surface area contributed by atoms with Crippen LogP contribution >= 0.6 is 15.9 Å². The fourth-order valence-corrected chi connectivity index (χ4v) is 2.30. The Hall–Kier alpha value is -0.880. The quantitative estimate of drug-likeness (QED) is 0.631. The number of nitrogens with zero attached hydrogens (tertiary/aromatic N) is 3. The Kier molecular flexibility index (Phi) is 3.06. The summed E-state index contributed by atoms with van der Waals surface area (Å²) in [6.07, 6.45) is 4.15. The average molecular weight is 272 g/mol. The molecular weight excluding hydrogens is 258 g/mol. The van der Waals surface area contributed by atoms with E-state index >= 15 is 0 Å². The van der Waals surface area contributed by atoms with E-state index in [0.29, 0.717) is 12.0 Å². The van der Waals surface area contributed by atoms with Gasteiger partial charge in [0.05, 0.1) is 4.47 Å². The zero-order chi connectivity index (χ0) is 10.8. The Labute approximate surface area is 97.2 Å². The lowest BCUT2D eigenvalue weighted by Gasteiger charge is -2.23. The van der Waals surface area contributed by atoms with Crippen molar-refractivity contribution in [1.82, 2.24) is 9.97 Å². The Morgan fingerprint density at radius 1 is 1.67 bits per heavy atom. The van der Waals surface area contributed by atoms with Gasteiger partial charge in [-0.15, -0.1) is 0 Å². The third-order valence-corrected chi connectivity index (χ3v) is 3.24. The minimum Gasteiger partial charge on any atom is -0.353 e. The van der Waals surface area contributed by atoms with Gasteiger partial charge in [0.2, 0.25) is 5.95 Å². The summed E-state index contributed by atoms with van der Waals surface area (Å²) in [6.45, 7) is 3.25. The van der Waals surface area contributed by atoms with Crippen LogP contribution in [0.5, 0.6) is 0 Å². The first-order valence-corrected chi connectivity index (χ1v) is 5.77. The van der Waals surface area contributed by atoms with Gasteiger partial charge in [-0.05, 0) is 35.7 Å². The number of anilines is 2. The van der Waals surface area contributed by atoms with Gasteiger partial charge < -0.3 is 4.90 Å². The van der Waals surface area contributed by atoms with E-state index in [1.165, 1.54) is 12.8 Å². The van der Waals surface area contributed by atoms with Gasteiger partial charge in [0.15, 0.2) is 0 Å². The minimum atomic E-state index is 0.451. The first-order chi connectivity index (χ1) is 7.22. The highest BCUT2D eigenvalue weighted by atomic mass is 79.9. The van der Waals surface area contributed by atoms with E-state index in [4.69, 9.17) is 5.84 Å². The van der Waals surface area contributed by atoms with Crippen LogP contribution in [0.2, 0.25) is 0 Å². The Balaban J connectivity index is 2.33. The molecule has 1 aromatic heterocycles. The van der Waals surface area contributed by atoms with Crippen LogP contribution in [0.1, 0.15) is 19.8 Å². The molecule has 1 aliphatic rings. The van der Waals surface area contributed by atoms with Crippen molar-refractivity contribution in [2.75, 3.05) is 16.9 Å². The molecular formula is C9H14BrN5. The monoisotopic (exact) mass is 271 g/mol. The van der Waals surface area contributed by atoms with E-state index in [1.807, 2.05) is 0 Å². The van der Waals surface area contributed by atoms with Crippen molar-refractivity contribution in [3.63, 3.8) is 0 Å². The number of hydrogen-bond acceptors (Lipinski definition) is 5. The fraction of sp³-hybridized carbons (Fsp3) is 0.556. The van der Waals surface area contributed by atoms with Crippen molar-refractivity contribution < 1.29 is 0 Å². The Bertz CT molecular complexity index is 356. The van der Waals surface area contributed by atoms with Crippen LogP contribution in [0.25, 0.3) is 0 Å².